The molecule has 0 atom stereocenters. The lowest BCUT2D eigenvalue weighted by Crippen LogP contribution is -2.47. The van der Waals surface area contributed by atoms with Gasteiger partial charge in [0.2, 0.25) is 0 Å². The first-order valence-electron chi connectivity index (χ1n) is 11.7. The van der Waals surface area contributed by atoms with Crippen LogP contribution in [0.15, 0.2) is 53.3 Å². The molecule has 1 heterocycles. The Morgan fingerprint density at radius 1 is 1.09 bits per heavy atom. The average molecular weight is 448 g/mol. The number of hydrogen-bond donors (Lipinski definition) is 2. The lowest BCUT2D eigenvalue weighted by molar-refractivity contribution is 0.234. The van der Waals surface area contributed by atoms with Crippen LogP contribution in [0.2, 0.25) is 0 Å². The number of pyridine rings is 1. The van der Waals surface area contributed by atoms with Crippen molar-refractivity contribution in [3.63, 3.8) is 0 Å². The third kappa shape index (κ3) is 5.39. The van der Waals surface area contributed by atoms with Crippen LogP contribution in [-0.2, 0) is 13.0 Å². The van der Waals surface area contributed by atoms with E-state index in [0.29, 0.717) is 12.6 Å². The molecule has 4 rings (SSSR count). The molecule has 3 aromatic rings. The summed E-state index contributed by atoms with van der Waals surface area (Å²) in [6.45, 7) is 5.47. The zero-order chi connectivity index (χ0) is 22.5. The highest BCUT2D eigenvalue weighted by molar-refractivity contribution is 7.80. The number of fused-ring (bicyclic) bond motifs is 1. The fourth-order valence-corrected chi connectivity index (χ4v) is 5.17. The molecule has 2 aromatic carbocycles. The van der Waals surface area contributed by atoms with E-state index in [1.807, 2.05) is 13.0 Å². The van der Waals surface area contributed by atoms with Crippen LogP contribution in [0.4, 0.5) is 0 Å². The van der Waals surface area contributed by atoms with Gasteiger partial charge in [0.15, 0.2) is 5.11 Å². The van der Waals surface area contributed by atoms with Gasteiger partial charge in [-0.25, -0.2) is 0 Å². The van der Waals surface area contributed by atoms with Crippen LogP contribution >= 0.6 is 12.2 Å². The fraction of sp³-hybridized carbons (Fsp3) is 0.407. The number of rotatable bonds is 6. The number of nitrogens with zero attached hydrogens (tertiary/aromatic N) is 1. The van der Waals surface area contributed by atoms with Crippen molar-refractivity contribution in [3.8, 4) is 0 Å². The highest BCUT2D eigenvalue weighted by atomic mass is 32.1. The molecule has 1 aliphatic rings. The minimum Gasteiger partial charge on any atom is -0.362 e. The van der Waals surface area contributed by atoms with Gasteiger partial charge in [-0.3, -0.25) is 4.79 Å². The zero-order valence-corrected chi connectivity index (χ0v) is 19.9. The first-order valence-corrected chi connectivity index (χ1v) is 12.1. The van der Waals surface area contributed by atoms with E-state index in [-0.39, 0.29) is 5.56 Å². The van der Waals surface area contributed by atoms with Crippen LogP contribution < -0.4 is 10.9 Å². The number of thiocarbonyl (C=S) groups is 1. The summed E-state index contributed by atoms with van der Waals surface area (Å²) >= 11 is 5.85. The summed E-state index contributed by atoms with van der Waals surface area (Å²) < 4.78 is 0. The first-order chi connectivity index (χ1) is 15.5. The quantitative estimate of drug-likeness (QED) is 0.497. The minimum atomic E-state index is -0.0163. The summed E-state index contributed by atoms with van der Waals surface area (Å²) in [7, 11) is 0. The predicted molar refractivity (Wildman–Crippen MR) is 137 cm³/mol. The molecule has 0 saturated heterocycles. The summed E-state index contributed by atoms with van der Waals surface area (Å²) in [5, 5.41) is 5.31. The molecule has 5 heteroatoms. The monoisotopic (exact) mass is 447 g/mol. The maximum Gasteiger partial charge on any atom is 0.253 e. The van der Waals surface area contributed by atoms with Gasteiger partial charge in [-0.15, -0.1) is 0 Å². The highest BCUT2D eigenvalue weighted by Gasteiger charge is 2.24. The Bertz CT molecular complexity index is 1130. The number of nitrogens with one attached hydrogen (secondary N) is 2. The Morgan fingerprint density at radius 2 is 1.84 bits per heavy atom. The van der Waals surface area contributed by atoms with E-state index in [1.54, 1.807) is 0 Å². The second-order valence-electron chi connectivity index (χ2n) is 9.06. The maximum atomic E-state index is 13.0. The third-order valence-corrected chi connectivity index (χ3v) is 6.90. The van der Waals surface area contributed by atoms with Crippen molar-refractivity contribution in [2.75, 3.05) is 6.54 Å². The second kappa shape index (κ2) is 10.3. The summed E-state index contributed by atoms with van der Waals surface area (Å²) in [6, 6.07) is 17.1. The normalized spacial score (nSPS) is 14.4. The molecule has 32 heavy (non-hydrogen) atoms. The van der Waals surface area contributed by atoms with Gasteiger partial charge in [-0.1, -0.05) is 61.2 Å². The summed E-state index contributed by atoms with van der Waals surface area (Å²) in [5.41, 5.74) is 5.29. The Morgan fingerprint density at radius 3 is 2.59 bits per heavy atom. The van der Waals surface area contributed by atoms with E-state index in [2.05, 4.69) is 64.6 Å². The van der Waals surface area contributed by atoms with E-state index in [1.165, 1.54) is 30.4 Å². The topological polar surface area (TPSA) is 48.1 Å². The Hall–Kier alpha value is -2.66. The number of hydrogen-bond acceptors (Lipinski definition) is 2. The number of H-pyrrole nitrogens is 1. The van der Waals surface area contributed by atoms with Gasteiger partial charge in [-0.2, -0.15) is 0 Å². The van der Waals surface area contributed by atoms with Gasteiger partial charge in [0.05, 0.1) is 12.1 Å². The van der Waals surface area contributed by atoms with Crippen LogP contribution in [-0.4, -0.2) is 27.6 Å². The van der Waals surface area contributed by atoms with E-state index >= 15 is 0 Å². The molecule has 0 bridgehead atoms. The molecule has 2 N–H and O–H groups in total. The van der Waals surface area contributed by atoms with Crippen LogP contribution in [0.1, 0.15) is 54.4 Å². The summed E-state index contributed by atoms with van der Waals surface area (Å²) in [6.07, 6.45) is 6.91. The van der Waals surface area contributed by atoms with E-state index in [4.69, 9.17) is 12.2 Å². The predicted octanol–water partition coefficient (Wildman–Crippen LogP) is 5.40. The number of aromatic nitrogens is 1. The van der Waals surface area contributed by atoms with Crippen molar-refractivity contribution in [2.24, 2.45) is 0 Å². The van der Waals surface area contributed by atoms with Gasteiger partial charge >= 0.3 is 0 Å². The van der Waals surface area contributed by atoms with Gasteiger partial charge in [0.1, 0.15) is 0 Å². The smallest absolute Gasteiger partial charge is 0.253 e. The Labute approximate surface area is 196 Å². The van der Waals surface area contributed by atoms with Gasteiger partial charge in [0.25, 0.3) is 5.56 Å². The van der Waals surface area contributed by atoms with Crippen molar-refractivity contribution >= 4 is 28.2 Å². The fourth-order valence-electron chi connectivity index (χ4n) is 4.85. The average Bonchev–Trinajstić information content (AvgIpc) is 2.79. The van der Waals surface area contributed by atoms with Crippen LogP contribution in [0.3, 0.4) is 0 Å². The molecule has 0 radical (unpaired) electrons. The van der Waals surface area contributed by atoms with Crippen molar-refractivity contribution in [3.05, 3.63) is 81.1 Å². The highest BCUT2D eigenvalue weighted by Crippen LogP contribution is 2.25. The van der Waals surface area contributed by atoms with Crippen molar-refractivity contribution in [1.82, 2.24) is 15.2 Å². The Balaban J connectivity index is 1.54. The van der Waals surface area contributed by atoms with Gasteiger partial charge in [-0.05, 0) is 74.0 Å². The molecule has 1 aliphatic carbocycles. The zero-order valence-electron chi connectivity index (χ0n) is 19.1. The molecule has 0 spiro atoms. The molecule has 0 unspecified atom stereocenters. The standard InChI is InChI=1S/C27H33N3OS/c1-19-15-20(2)25-22(16-19)17-23(26(31)29-25)18-30(24-11-7-4-8-12-24)27(32)28-14-13-21-9-5-3-6-10-21/h3,5-6,9-10,15-17,24H,4,7-8,11-14,18H2,1-2H3,(H,28,32)(H,29,31). The van der Waals surface area contributed by atoms with Crippen LogP contribution in [0.25, 0.3) is 10.9 Å². The Kier molecular flexibility index (Phi) is 7.26. The number of aromatic amines is 1. The summed E-state index contributed by atoms with van der Waals surface area (Å²) in [4.78, 5) is 18.3. The first kappa shape index (κ1) is 22.5. The molecule has 1 aromatic heterocycles. The second-order valence-corrected chi connectivity index (χ2v) is 9.44. The molecule has 1 saturated carbocycles. The molecule has 1 fully saturated rings. The van der Waals surface area contributed by atoms with Crippen molar-refractivity contribution in [1.29, 1.82) is 0 Å². The third-order valence-electron chi connectivity index (χ3n) is 6.52. The summed E-state index contributed by atoms with van der Waals surface area (Å²) in [5.74, 6) is 0. The van der Waals surface area contributed by atoms with E-state index in [9.17, 15) is 4.79 Å². The van der Waals surface area contributed by atoms with Gasteiger partial charge in [0, 0.05) is 18.2 Å². The lowest BCUT2D eigenvalue weighted by atomic mass is 9.94. The molecule has 0 amide bonds. The molecule has 4 nitrogen and oxygen atoms in total. The van der Waals surface area contributed by atoms with E-state index in [0.717, 1.165) is 52.9 Å². The molecule has 168 valence electrons. The largest absolute Gasteiger partial charge is 0.362 e. The minimum absolute atomic E-state index is 0.0163. The molecular weight excluding hydrogens is 414 g/mol. The lowest BCUT2D eigenvalue weighted by Gasteiger charge is -2.36. The number of aryl methyl sites for hydroxylation is 2. The number of benzene rings is 2. The van der Waals surface area contributed by atoms with Crippen LogP contribution in [0, 0.1) is 13.8 Å². The van der Waals surface area contributed by atoms with Gasteiger partial charge < -0.3 is 15.2 Å². The van der Waals surface area contributed by atoms with E-state index < -0.39 is 0 Å². The SMILES string of the molecule is Cc1cc(C)c2[nH]c(=O)c(CN(C(=S)NCCc3ccccc3)C3CCCCC3)cc2c1. The molecule has 0 aliphatic heterocycles. The van der Waals surface area contributed by atoms with Crippen molar-refractivity contribution in [2.45, 2.75) is 65.0 Å². The molecular formula is C27H33N3OS. The van der Waals surface area contributed by atoms with Crippen molar-refractivity contribution < 1.29 is 0 Å². The van der Waals surface area contributed by atoms with Crippen LogP contribution in [0.5, 0.6) is 0 Å². The maximum absolute atomic E-state index is 13.0.